The Morgan fingerprint density at radius 2 is 1.61 bits per heavy atom. The summed E-state index contributed by atoms with van der Waals surface area (Å²) >= 11 is 6.46. The van der Waals surface area contributed by atoms with Crippen molar-refractivity contribution in [2.24, 2.45) is 0 Å². The van der Waals surface area contributed by atoms with Gasteiger partial charge in [0.25, 0.3) is 10.0 Å². The zero-order valence-electron chi connectivity index (χ0n) is 24.5. The molecule has 0 saturated carbocycles. The molecule has 0 spiro atoms. The highest BCUT2D eigenvalue weighted by Crippen LogP contribution is 2.29. The molecule has 0 unspecified atom stereocenters. The molecule has 0 aliphatic carbocycles. The van der Waals surface area contributed by atoms with E-state index in [0.29, 0.717) is 29.2 Å². The van der Waals surface area contributed by atoms with E-state index in [-0.39, 0.29) is 17.3 Å². The van der Waals surface area contributed by atoms with Gasteiger partial charge in [0.15, 0.2) is 0 Å². The van der Waals surface area contributed by atoms with Gasteiger partial charge in [-0.05, 0) is 74.6 Å². The molecular formula is C32H40ClN3O4S. The number of rotatable bonds is 13. The summed E-state index contributed by atoms with van der Waals surface area (Å²) in [6, 6.07) is 18.3. The average molecular weight is 598 g/mol. The van der Waals surface area contributed by atoms with Crippen LogP contribution in [-0.4, -0.2) is 44.3 Å². The van der Waals surface area contributed by atoms with Crippen LogP contribution in [0.1, 0.15) is 55.4 Å². The first-order valence-corrected chi connectivity index (χ1v) is 15.8. The van der Waals surface area contributed by atoms with Crippen molar-refractivity contribution in [1.29, 1.82) is 0 Å². The van der Waals surface area contributed by atoms with Crippen LogP contribution in [0.25, 0.3) is 0 Å². The maximum atomic E-state index is 14.2. The second-order valence-corrected chi connectivity index (χ2v) is 12.5. The van der Waals surface area contributed by atoms with E-state index in [1.165, 1.54) is 4.90 Å². The van der Waals surface area contributed by atoms with Crippen molar-refractivity contribution in [2.45, 2.75) is 71.4 Å². The molecular weight excluding hydrogens is 558 g/mol. The molecule has 7 nitrogen and oxygen atoms in total. The number of carbonyl (C=O) groups is 2. The number of carbonyl (C=O) groups excluding carboxylic acids is 2. The summed E-state index contributed by atoms with van der Waals surface area (Å²) in [4.78, 5) is 29.0. The van der Waals surface area contributed by atoms with Gasteiger partial charge in [0.05, 0.1) is 10.6 Å². The van der Waals surface area contributed by atoms with Gasteiger partial charge >= 0.3 is 0 Å². The molecule has 0 aliphatic rings. The second-order valence-electron chi connectivity index (χ2n) is 10.2. The Morgan fingerprint density at radius 3 is 2.24 bits per heavy atom. The van der Waals surface area contributed by atoms with Crippen LogP contribution in [0, 0.1) is 20.8 Å². The van der Waals surface area contributed by atoms with Crippen LogP contribution in [0.3, 0.4) is 0 Å². The SMILES string of the molecule is CCCCNC(=O)[C@@H](CC)N(Cc1ccccc1Cl)C(=O)CN(c1cccc(C)c1C)S(=O)(=O)c1ccc(C)cc1. The first-order valence-electron chi connectivity index (χ1n) is 14.0. The van der Waals surface area contributed by atoms with E-state index < -0.39 is 28.5 Å². The molecule has 9 heteroatoms. The normalized spacial score (nSPS) is 12.0. The largest absolute Gasteiger partial charge is 0.354 e. The third kappa shape index (κ3) is 7.89. The quantitative estimate of drug-likeness (QED) is 0.238. The van der Waals surface area contributed by atoms with E-state index in [1.807, 2.05) is 46.8 Å². The highest BCUT2D eigenvalue weighted by molar-refractivity contribution is 7.92. The molecule has 3 rings (SSSR count). The number of anilines is 1. The minimum atomic E-state index is -4.13. The molecule has 41 heavy (non-hydrogen) atoms. The summed E-state index contributed by atoms with van der Waals surface area (Å²) in [6.45, 7) is 9.56. The first kappa shape index (κ1) is 32.2. The predicted molar refractivity (Wildman–Crippen MR) is 166 cm³/mol. The third-order valence-corrected chi connectivity index (χ3v) is 9.39. The molecule has 0 fully saturated rings. The number of amides is 2. The van der Waals surface area contributed by atoms with Gasteiger partial charge in [-0.1, -0.05) is 79.9 Å². The molecule has 1 N–H and O–H groups in total. The summed E-state index contributed by atoms with van der Waals surface area (Å²) in [5, 5.41) is 3.40. The number of sulfonamides is 1. The lowest BCUT2D eigenvalue weighted by Crippen LogP contribution is -2.52. The van der Waals surface area contributed by atoms with E-state index >= 15 is 0 Å². The Bertz CT molecular complexity index is 1460. The standard InChI is InChI=1S/C32H40ClN3O4S/c1-6-8-20-34-32(38)29(7-2)35(21-26-13-9-10-14-28(26)33)31(37)22-36(30-15-11-12-24(4)25(30)5)41(39,40)27-18-16-23(3)17-19-27/h9-19,29H,6-8,20-22H2,1-5H3,(H,34,38)/t29-/m1/s1. The van der Waals surface area contributed by atoms with E-state index in [4.69, 9.17) is 11.6 Å². The van der Waals surface area contributed by atoms with Crippen molar-refractivity contribution >= 4 is 39.1 Å². The van der Waals surface area contributed by atoms with Crippen molar-refractivity contribution < 1.29 is 18.0 Å². The Hall–Kier alpha value is -3.36. The monoisotopic (exact) mass is 597 g/mol. The topological polar surface area (TPSA) is 86.8 Å². The smallest absolute Gasteiger partial charge is 0.264 e. The molecule has 0 bridgehead atoms. The fourth-order valence-corrected chi connectivity index (χ4v) is 6.26. The van der Waals surface area contributed by atoms with Crippen LogP contribution >= 0.6 is 11.6 Å². The zero-order chi connectivity index (χ0) is 30.2. The van der Waals surface area contributed by atoms with Gasteiger partial charge in [0.1, 0.15) is 12.6 Å². The molecule has 1 atom stereocenters. The van der Waals surface area contributed by atoms with Crippen LogP contribution in [0.5, 0.6) is 0 Å². The van der Waals surface area contributed by atoms with E-state index in [2.05, 4.69) is 5.32 Å². The maximum absolute atomic E-state index is 14.2. The van der Waals surface area contributed by atoms with Gasteiger partial charge in [-0.15, -0.1) is 0 Å². The minimum absolute atomic E-state index is 0.0590. The molecule has 3 aromatic carbocycles. The number of unbranched alkanes of at least 4 members (excludes halogenated alkanes) is 1. The van der Waals surface area contributed by atoms with Crippen LogP contribution in [0.15, 0.2) is 71.6 Å². The van der Waals surface area contributed by atoms with Crippen LogP contribution in [0.2, 0.25) is 5.02 Å². The highest BCUT2D eigenvalue weighted by atomic mass is 35.5. The van der Waals surface area contributed by atoms with Crippen LogP contribution in [-0.2, 0) is 26.2 Å². The summed E-state index contributed by atoms with van der Waals surface area (Å²) in [6.07, 6.45) is 2.08. The molecule has 220 valence electrons. The number of nitrogens with one attached hydrogen (secondary N) is 1. The summed E-state index contributed by atoms with van der Waals surface area (Å²) in [7, 11) is -4.13. The highest BCUT2D eigenvalue weighted by Gasteiger charge is 2.34. The van der Waals surface area contributed by atoms with Crippen molar-refractivity contribution in [3.05, 3.63) is 94.0 Å². The number of halogens is 1. The lowest BCUT2D eigenvalue weighted by atomic mass is 10.1. The van der Waals surface area contributed by atoms with Gasteiger partial charge in [0, 0.05) is 18.1 Å². The van der Waals surface area contributed by atoms with Gasteiger partial charge in [-0.25, -0.2) is 8.42 Å². The van der Waals surface area contributed by atoms with Crippen molar-refractivity contribution in [2.75, 3.05) is 17.4 Å². The fraction of sp³-hybridized carbons (Fsp3) is 0.375. The number of nitrogens with zero attached hydrogens (tertiary/aromatic N) is 2. The van der Waals surface area contributed by atoms with Gasteiger partial charge < -0.3 is 10.2 Å². The van der Waals surface area contributed by atoms with E-state index in [9.17, 15) is 18.0 Å². The molecule has 0 aliphatic heterocycles. The number of hydrogen-bond donors (Lipinski definition) is 1. The Kier molecular flexibility index (Phi) is 11.4. The lowest BCUT2D eigenvalue weighted by Gasteiger charge is -2.34. The van der Waals surface area contributed by atoms with Crippen molar-refractivity contribution in [3.63, 3.8) is 0 Å². The average Bonchev–Trinajstić information content (AvgIpc) is 2.94. The van der Waals surface area contributed by atoms with Gasteiger partial charge in [0.2, 0.25) is 11.8 Å². The Labute approximate surface area is 249 Å². The Morgan fingerprint density at radius 1 is 0.927 bits per heavy atom. The predicted octanol–water partition coefficient (Wildman–Crippen LogP) is 6.18. The zero-order valence-corrected chi connectivity index (χ0v) is 26.1. The van der Waals surface area contributed by atoms with E-state index in [0.717, 1.165) is 33.8 Å². The maximum Gasteiger partial charge on any atom is 0.264 e. The second kappa shape index (κ2) is 14.5. The van der Waals surface area contributed by atoms with Crippen LogP contribution < -0.4 is 9.62 Å². The fourth-order valence-electron chi connectivity index (χ4n) is 4.59. The molecule has 3 aromatic rings. The minimum Gasteiger partial charge on any atom is -0.354 e. The number of benzene rings is 3. The van der Waals surface area contributed by atoms with E-state index in [1.54, 1.807) is 54.6 Å². The summed E-state index contributed by atoms with van der Waals surface area (Å²) < 4.78 is 29.3. The molecule has 0 radical (unpaired) electrons. The lowest BCUT2D eigenvalue weighted by molar-refractivity contribution is -0.140. The Balaban J connectivity index is 2.09. The third-order valence-electron chi connectivity index (χ3n) is 7.25. The number of hydrogen-bond acceptors (Lipinski definition) is 4. The van der Waals surface area contributed by atoms with Gasteiger partial charge in [-0.3, -0.25) is 13.9 Å². The van der Waals surface area contributed by atoms with Crippen molar-refractivity contribution in [3.8, 4) is 0 Å². The molecule has 0 aromatic heterocycles. The first-order chi connectivity index (χ1) is 19.5. The number of aryl methyl sites for hydroxylation is 2. The van der Waals surface area contributed by atoms with Gasteiger partial charge in [-0.2, -0.15) is 0 Å². The summed E-state index contributed by atoms with van der Waals surface area (Å²) in [5.74, 6) is -0.778. The molecule has 2 amide bonds. The van der Waals surface area contributed by atoms with Crippen molar-refractivity contribution in [1.82, 2.24) is 10.2 Å². The molecule has 0 heterocycles. The van der Waals surface area contributed by atoms with Crippen LogP contribution in [0.4, 0.5) is 5.69 Å². The summed E-state index contributed by atoms with van der Waals surface area (Å²) in [5.41, 5.74) is 3.65. The molecule has 0 saturated heterocycles.